The lowest BCUT2D eigenvalue weighted by Gasteiger charge is -2.63. The van der Waals surface area contributed by atoms with Crippen LogP contribution in [0.2, 0.25) is 0 Å². The van der Waals surface area contributed by atoms with E-state index in [9.17, 15) is 14.7 Å². The van der Waals surface area contributed by atoms with Gasteiger partial charge in [-0.3, -0.25) is 9.59 Å². The van der Waals surface area contributed by atoms with Crippen molar-refractivity contribution in [2.45, 2.75) is 83.0 Å². The Hall–Kier alpha value is -0.860. The molecule has 1 N–H and O–H groups in total. The second-order valence-electron chi connectivity index (χ2n) is 12.2. The standard InChI is InChI=1S/C28H38Br2O6/c1-16-10-17(15-34-16)25-22(36-24(32)14-30)12-28(33)21-5-4-18-11-19(35-23(31)13-29)6-8-26(18,2)20(21)7-9-27(25,28)3/h10,18-22,25,33H,1,4-9,11-15H2,2-3H3/t18?,19?,20-,21?,22?,25?,26?,27?,28?/m0/s1. The van der Waals surface area contributed by atoms with Crippen molar-refractivity contribution in [1.82, 2.24) is 0 Å². The molecular formula is C28H38Br2O6. The second-order valence-corrected chi connectivity index (χ2v) is 13.3. The average molecular weight is 630 g/mol. The van der Waals surface area contributed by atoms with Crippen LogP contribution in [0.3, 0.4) is 0 Å². The number of rotatable bonds is 5. The van der Waals surface area contributed by atoms with Crippen LogP contribution in [0.25, 0.3) is 0 Å². The maximum absolute atomic E-state index is 12.7. The number of ether oxygens (including phenoxy) is 3. The summed E-state index contributed by atoms with van der Waals surface area (Å²) < 4.78 is 17.4. The molecule has 8 unspecified atom stereocenters. The van der Waals surface area contributed by atoms with Gasteiger partial charge in [0.2, 0.25) is 0 Å². The number of carbonyl (C=O) groups is 2. The lowest BCUT2D eigenvalue weighted by Crippen LogP contribution is -2.62. The van der Waals surface area contributed by atoms with Crippen LogP contribution in [0, 0.1) is 34.5 Å². The normalized spacial score (nSPS) is 45.6. The topological polar surface area (TPSA) is 82.1 Å². The molecule has 0 amide bonds. The van der Waals surface area contributed by atoms with E-state index in [1.807, 2.05) is 6.08 Å². The minimum absolute atomic E-state index is 0.00655. The lowest BCUT2D eigenvalue weighted by molar-refractivity contribution is -0.209. The first-order valence-corrected chi connectivity index (χ1v) is 15.6. The molecule has 0 aromatic heterocycles. The molecule has 4 fully saturated rings. The predicted octanol–water partition coefficient (Wildman–Crippen LogP) is 5.45. The highest BCUT2D eigenvalue weighted by atomic mass is 79.9. The molecule has 0 aromatic rings. The summed E-state index contributed by atoms with van der Waals surface area (Å²) in [7, 11) is 0. The van der Waals surface area contributed by atoms with Crippen LogP contribution in [0.5, 0.6) is 0 Å². The number of allylic oxidation sites excluding steroid dienone is 1. The van der Waals surface area contributed by atoms with Crippen LogP contribution in [0.15, 0.2) is 24.0 Å². The summed E-state index contributed by atoms with van der Waals surface area (Å²) in [5, 5.41) is 13.0. The van der Waals surface area contributed by atoms with E-state index in [-0.39, 0.29) is 52.1 Å². The van der Waals surface area contributed by atoms with Crippen molar-refractivity contribution in [3.05, 3.63) is 24.0 Å². The summed E-state index contributed by atoms with van der Waals surface area (Å²) in [4.78, 5) is 24.3. The molecular weight excluding hydrogens is 592 g/mol. The van der Waals surface area contributed by atoms with Gasteiger partial charge in [0, 0.05) is 17.8 Å². The molecule has 0 aromatic carbocycles. The number of aliphatic hydroxyl groups is 1. The highest BCUT2D eigenvalue weighted by Gasteiger charge is 2.71. The Morgan fingerprint density at radius 2 is 1.81 bits per heavy atom. The van der Waals surface area contributed by atoms with E-state index in [2.05, 4.69) is 52.3 Å². The number of esters is 2. The van der Waals surface area contributed by atoms with Crippen LogP contribution in [-0.2, 0) is 23.8 Å². The minimum atomic E-state index is -0.921. The van der Waals surface area contributed by atoms with Crippen molar-refractivity contribution in [3.8, 4) is 0 Å². The molecule has 1 heterocycles. The van der Waals surface area contributed by atoms with Gasteiger partial charge in [0.25, 0.3) is 0 Å². The van der Waals surface area contributed by atoms with E-state index in [4.69, 9.17) is 14.2 Å². The minimum Gasteiger partial charge on any atom is -0.490 e. The molecule has 36 heavy (non-hydrogen) atoms. The SMILES string of the molecule is C=C1C=C(C2C(OC(=O)CBr)CC3(O)C4CCC5CC(OC(=O)CBr)CCC5(C)[C@H]4CCC23C)CO1. The smallest absolute Gasteiger partial charge is 0.316 e. The predicted molar refractivity (Wildman–Crippen MR) is 143 cm³/mol. The molecule has 5 rings (SSSR count). The molecule has 0 radical (unpaired) electrons. The highest BCUT2D eigenvalue weighted by Crippen LogP contribution is 2.70. The van der Waals surface area contributed by atoms with Crippen molar-refractivity contribution in [2.24, 2.45) is 34.5 Å². The van der Waals surface area contributed by atoms with Crippen molar-refractivity contribution in [1.29, 1.82) is 0 Å². The van der Waals surface area contributed by atoms with Crippen LogP contribution in [0.1, 0.15) is 65.2 Å². The Labute approximate surface area is 230 Å². The number of alkyl halides is 2. The maximum Gasteiger partial charge on any atom is 0.316 e. The summed E-state index contributed by atoms with van der Waals surface area (Å²) in [6.45, 7) is 9.03. The van der Waals surface area contributed by atoms with E-state index in [0.717, 1.165) is 50.5 Å². The summed E-state index contributed by atoms with van der Waals surface area (Å²) in [5.41, 5.74) is -0.132. The quantitative estimate of drug-likeness (QED) is 0.322. The average Bonchev–Trinajstić information content (AvgIpc) is 3.36. The maximum atomic E-state index is 12.7. The van der Waals surface area contributed by atoms with E-state index in [1.165, 1.54) is 0 Å². The second kappa shape index (κ2) is 9.71. The fraction of sp³-hybridized carbons (Fsp3) is 0.786. The highest BCUT2D eigenvalue weighted by molar-refractivity contribution is 9.09. The third-order valence-electron chi connectivity index (χ3n) is 10.8. The molecule has 4 saturated carbocycles. The number of hydrogen-bond donors (Lipinski definition) is 1. The van der Waals surface area contributed by atoms with E-state index in [0.29, 0.717) is 30.6 Å². The van der Waals surface area contributed by atoms with Crippen LogP contribution >= 0.6 is 31.9 Å². The van der Waals surface area contributed by atoms with Gasteiger partial charge in [-0.1, -0.05) is 52.3 Å². The zero-order valence-corrected chi connectivity index (χ0v) is 24.4. The van der Waals surface area contributed by atoms with Crippen molar-refractivity contribution in [2.75, 3.05) is 17.3 Å². The molecule has 4 aliphatic carbocycles. The summed E-state index contributed by atoms with van der Waals surface area (Å²) in [6.07, 6.45) is 8.76. The van der Waals surface area contributed by atoms with Crippen molar-refractivity contribution < 1.29 is 28.9 Å². The first-order chi connectivity index (χ1) is 17.1. The van der Waals surface area contributed by atoms with Gasteiger partial charge in [-0.2, -0.15) is 0 Å². The molecule has 8 heteroatoms. The number of fused-ring (bicyclic) bond motifs is 5. The molecule has 0 spiro atoms. The zero-order chi connectivity index (χ0) is 25.9. The van der Waals surface area contributed by atoms with Gasteiger partial charge in [-0.15, -0.1) is 0 Å². The van der Waals surface area contributed by atoms with Crippen molar-refractivity contribution >= 4 is 43.8 Å². The van der Waals surface area contributed by atoms with Crippen molar-refractivity contribution in [3.63, 3.8) is 0 Å². The molecule has 9 atom stereocenters. The summed E-state index contributed by atoms with van der Waals surface area (Å²) >= 11 is 6.45. The first kappa shape index (κ1) is 26.7. The van der Waals surface area contributed by atoms with Gasteiger partial charge in [-0.05, 0) is 79.8 Å². The Morgan fingerprint density at radius 3 is 2.47 bits per heavy atom. The van der Waals surface area contributed by atoms with Gasteiger partial charge >= 0.3 is 11.9 Å². The zero-order valence-electron chi connectivity index (χ0n) is 21.3. The molecule has 1 aliphatic heterocycles. The van der Waals surface area contributed by atoms with Gasteiger partial charge in [0.15, 0.2) is 0 Å². The Kier molecular flexibility index (Phi) is 7.21. The van der Waals surface area contributed by atoms with Gasteiger partial charge in [0.1, 0.15) is 35.2 Å². The van der Waals surface area contributed by atoms with Crippen LogP contribution < -0.4 is 0 Å². The number of carbonyl (C=O) groups excluding carboxylic acids is 2. The Morgan fingerprint density at radius 1 is 1.08 bits per heavy atom. The van der Waals surface area contributed by atoms with Gasteiger partial charge in [0.05, 0.1) is 5.60 Å². The lowest BCUT2D eigenvalue weighted by atomic mass is 9.43. The van der Waals surface area contributed by atoms with Crippen LogP contribution in [-0.4, -0.2) is 52.1 Å². The summed E-state index contributed by atoms with van der Waals surface area (Å²) in [5.74, 6) is 1.11. The molecule has 0 bridgehead atoms. The van der Waals surface area contributed by atoms with Crippen LogP contribution in [0.4, 0.5) is 0 Å². The fourth-order valence-corrected chi connectivity index (χ4v) is 9.39. The molecule has 200 valence electrons. The third kappa shape index (κ3) is 4.12. The summed E-state index contributed by atoms with van der Waals surface area (Å²) in [6, 6.07) is 0. The monoisotopic (exact) mass is 628 g/mol. The first-order valence-electron chi connectivity index (χ1n) is 13.3. The Bertz CT molecular complexity index is 966. The molecule has 0 saturated heterocycles. The number of halogens is 2. The fourth-order valence-electron chi connectivity index (χ4n) is 9.13. The van der Waals surface area contributed by atoms with E-state index >= 15 is 0 Å². The molecule has 5 aliphatic rings. The van der Waals surface area contributed by atoms with Gasteiger partial charge in [-0.25, -0.2) is 0 Å². The Balaban J connectivity index is 1.43. The number of hydrogen-bond acceptors (Lipinski definition) is 6. The van der Waals surface area contributed by atoms with E-state index in [1.54, 1.807) is 0 Å². The van der Waals surface area contributed by atoms with E-state index < -0.39 is 11.0 Å². The third-order valence-corrected chi connectivity index (χ3v) is 11.7. The largest absolute Gasteiger partial charge is 0.490 e. The van der Waals surface area contributed by atoms with Gasteiger partial charge < -0.3 is 19.3 Å². The molecule has 6 nitrogen and oxygen atoms in total.